The van der Waals surface area contributed by atoms with E-state index in [9.17, 15) is 12.8 Å². The minimum atomic E-state index is -3.93. The largest absolute Gasteiger partial charge is 0.409 e. The molecule has 3 N–H and O–H groups in total. The second-order valence-corrected chi connectivity index (χ2v) is 6.10. The summed E-state index contributed by atoms with van der Waals surface area (Å²) in [5, 5.41) is 11.3. The maximum absolute atomic E-state index is 13.2. The van der Waals surface area contributed by atoms with Gasteiger partial charge >= 0.3 is 0 Å². The Hall–Kier alpha value is -1.67. The van der Waals surface area contributed by atoms with Gasteiger partial charge in [-0.3, -0.25) is 0 Å². The van der Waals surface area contributed by atoms with Crippen molar-refractivity contribution < 1.29 is 18.0 Å². The van der Waals surface area contributed by atoms with Crippen LogP contribution in [0.15, 0.2) is 28.3 Å². The average Bonchev–Trinajstić information content (AvgIpc) is 2.38. The minimum absolute atomic E-state index is 0.146. The molecule has 0 saturated heterocycles. The third-order valence-corrected chi connectivity index (χ3v) is 4.97. The number of benzene rings is 1. The molecule has 0 fully saturated rings. The molecule has 0 aromatic heterocycles. The summed E-state index contributed by atoms with van der Waals surface area (Å²) in [5.74, 6) is -0.894. The van der Waals surface area contributed by atoms with Crippen LogP contribution >= 0.6 is 0 Å². The number of nitrogens with two attached hydrogens (primary N) is 1. The number of hydrogen-bond donors (Lipinski definition) is 2. The zero-order chi connectivity index (χ0) is 14.8. The van der Waals surface area contributed by atoms with E-state index in [2.05, 4.69) is 5.16 Å². The fourth-order valence-electron chi connectivity index (χ4n) is 1.48. The molecule has 8 heteroatoms. The Bertz CT molecular complexity index is 601. The van der Waals surface area contributed by atoms with Gasteiger partial charge in [0.05, 0.1) is 10.9 Å². The quantitative estimate of drug-likeness (QED) is 0.372. The Labute approximate surface area is 111 Å². The molecule has 0 spiro atoms. The summed E-state index contributed by atoms with van der Waals surface area (Å²) in [6.07, 6.45) is 0. The highest BCUT2D eigenvalue weighted by Crippen LogP contribution is 2.21. The van der Waals surface area contributed by atoms with Gasteiger partial charge in [0, 0.05) is 7.05 Å². The summed E-state index contributed by atoms with van der Waals surface area (Å²) in [6.45, 7) is 3.02. The van der Waals surface area contributed by atoms with Crippen LogP contribution in [0, 0.1) is 12.7 Å². The summed E-state index contributed by atoms with van der Waals surface area (Å²) >= 11 is 0. The van der Waals surface area contributed by atoms with E-state index in [-0.39, 0.29) is 10.7 Å². The highest BCUT2D eigenvalue weighted by molar-refractivity contribution is 7.89. The highest BCUT2D eigenvalue weighted by Gasteiger charge is 2.29. The number of likely N-dealkylation sites (N-methyl/N-ethyl adjacent to an activating group) is 1. The van der Waals surface area contributed by atoms with Gasteiger partial charge in [-0.1, -0.05) is 11.2 Å². The lowest BCUT2D eigenvalue weighted by Crippen LogP contribution is -2.43. The Kier molecular flexibility index (Phi) is 4.48. The van der Waals surface area contributed by atoms with E-state index in [4.69, 9.17) is 10.9 Å². The Morgan fingerprint density at radius 1 is 1.53 bits per heavy atom. The van der Waals surface area contributed by atoms with Gasteiger partial charge in [0.1, 0.15) is 5.82 Å². The lowest BCUT2D eigenvalue weighted by molar-refractivity contribution is 0.311. The maximum atomic E-state index is 13.2. The van der Waals surface area contributed by atoms with Crippen molar-refractivity contribution in [3.8, 4) is 0 Å². The Morgan fingerprint density at radius 3 is 2.63 bits per heavy atom. The lowest BCUT2D eigenvalue weighted by Gasteiger charge is -2.23. The standard InChI is InChI=1S/C11H16FN3O3S/c1-7-4-5-9(12)6-10(7)19(17,18)15(3)8(2)11(13)14-16/h4-6,8,16H,1-3H3,(H2,13,14). The molecule has 0 amide bonds. The molecule has 106 valence electrons. The molecule has 0 aliphatic rings. The molecule has 6 nitrogen and oxygen atoms in total. The van der Waals surface area contributed by atoms with Gasteiger partial charge in [-0.15, -0.1) is 0 Å². The topological polar surface area (TPSA) is 96.0 Å². The summed E-state index contributed by atoms with van der Waals surface area (Å²) in [6, 6.07) is 2.66. The van der Waals surface area contributed by atoms with Crippen molar-refractivity contribution in [2.75, 3.05) is 7.05 Å². The highest BCUT2D eigenvalue weighted by atomic mass is 32.2. The van der Waals surface area contributed by atoms with Crippen molar-refractivity contribution in [3.05, 3.63) is 29.6 Å². The number of sulfonamides is 1. The van der Waals surface area contributed by atoms with E-state index in [0.717, 1.165) is 10.4 Å². The molecule has 1 aromatic rings. The number of rotatable bonds is 4. The molecule has 0 bridgehead atoms. The zero-order valence-electron chi connectivity index (χ0n) is 10.8. The second-order valence-electron chi connectivity index (χ2n) is 4.13. The Morgan fingerprint density at radius 2 is 2.11 bits per heavy atom. The van der Waals surface area contributed by atoms with E-state index >= 15 is 0 Å². The van der Waals surface area contributed by atoms with Gasteiger partial charge in [0.25, 0.3) is 0 Å². The summed E-state index contributed by atoms with van der Waals surface area (Å²) in [5.41, 5.74) is 5.80. The monoisotopic (exact) mass is 289 g/mol. The number of nitrogens with zero attached hydrogens (tertiary/aromatic N) is 2. The first-order valence-corrected chi connectivity index (χ1v) is 6.87. The van der Waals surface area contributed by atoms with Crippen molar-refractivity contribution >= 4 is 15.9 Å². The third kappa shape index (κ3) is 3.02. The molecule has 0 aliphatic heterocycles. The molecule has 0 saturated carbocycles. The van der Waals surface area contributed by atoms with E-state index in [1.807, 2.05) is 0 Å². The average molecular weight is 289 g/mol. The number of oxime groups is 1. The normalized spacial score (nSPS) is 14.7. The first-order chi connectivity index (χ1) is 8.71. The third-order valence-electron chi connectivity index (χ3n) is 2.90. The summed E-state index contributed by atoms with van der Waals surface area (Å²) < 4.78 is 38.8. The van der Waals surface area contributed by atoms with Crippen molar-refractivity contribution in [2.45, 2.75) is 24.8 Å². The maximum Gasteiger partial charge on any atom is 0.243 e. The number of halogens is 1. The van der Waals surface area contributed by atoms with Gasteiger partial charge in [-0.05, 0) is 31.5 Å². The predicted molar refractivity (Wildman–Crippen MR) is 69.0 cm³/mol. The molecule has 1 rings (SSSR count). The first-order valence-electron chi connectivity index (χ1n) is 5.43. The molecule has 1 unspecified atom stereocenters. The SMILES string of the molecule is Cc1ccc(F)cc1S(=O)(=O)N(C)C(C)C(N)=NO. The molecular formula is C11H16FN3O3S. The van der Waals surface area contributed by atoms with Crippen molar-refractivity contribution in [3.63, 3.8) is 0 Å². The fraction of sp³-hybridized carbons (Fsp3) is 0.364. The van der Waals surface area contributed by atoms with Gasteiger partial charge < -0.3 is 10.9 Å². The molecule has 1 aromatic carbocycles. The van der Waals surface area contributed by atoms with Gasteiger partial charge in [-0.2, -0.15) is 4.31 Å². The molecule has 0 radical (unpaired) electrons. The minimum Gasteiger partial charge on any atom is -0.409 e. The molecule has 1 atom stereocenters. The van der Waals surface area contributed by atoms with E-state index in [1.54, 1.807) is 6.92 Å². The zero-order valence-corrected chi connectivity index (χ0v) is 11.6. The van der Waals surface area contributed by atoms with Gasteiger partial charge in [0.15, 0.2) is 5.84 Å². The van der Waals surface area contributed by atoms with Crippen LogP contribution < -0.4 is 5.73 Å². The molecule has 0 aliphatic carbocycles. The van der Waals surface area contributed by atoms with Gasteiger partial charge in [0.2, 0.25) is 10.0 Å². The summed E-state index contributed by atoms with van der Waals surface area (Å²) in [7, 11) is -2.64. The predicted octanol–water partition coefficient (Wildman–Crippen LogP) is 0.890. The second kappa shape index (κ2) is 5.54. The van der Waals surface area contributed by atoms with Crippen LogP contribution in [-0.4, -0.2) is 36.9 Å². The summed E-state index contributed by atoms with van der Waals surface area (Å²) in [4.78, 5) is -0.146. The van der Waals surface area contributed by atoms with Crippen LogP contribution in [0.3, 0.4) is 0 Å². The number of amidine groups is 1. The van der Waals surface area contributed by atoms with Crippen LogP contribution in [0.1, 0.15) is 12.5 Å². The number of hydrogen-bond acceptors (Lipinski definition) is 4. The lowest BCUT2D eigenvalue weighted by atomic mass is 10.2. The van der Waals surface area contributed by atoms with Crippen molar-refractivity contribution in [1.82, 2.24) is 4.31 Å². The van der Waals surface area contributed by atoms with E-state index in [0.29, 0.717) is 5.56 Å². The van der Waals surface area contributed by atoms with E-state index in [1.165, 1.54) is 26.1 Å². The van der Waals surface area contributed by atoms with E-state index < -0.39 is 21.9 Å². The Balaban J connectivity index is 3.28. The van der Waals surface area contributed by atoms with Crippen LogP contribution in [-0.2, 0) is 10.0 Å². The fourth-order valence-corrected chi connectivity index (χ4v) is 3.06. The molecule has 19 heavy (non-hydrogen) atoms. The van der Waals surface area contributed by atoms with Crippen molar-refractivity contribution in [1.29, 1.82) is 0 Å². The van der Waals surface area contributed by atoms with Crippen LogP contribution in [0.25, 0.3) is 0 Å². The van der Waals surface area contributed by atoms with Gasteiger partial charge in [-0.25, -0.2) is 12.8 Å². The van der Waals surface area contributed by atoms with Crippen molar-refractivity contribution in [2.24, 2.45) is 10.9 Å². The smallest absolute Gasteiger partial charge is 0.243 e. The van der Waals surface area contributed by atoms with Crippen LogP contribution in [0.5, 0.6) is 0 Å². The van der Waals surface area contributed by atoms with Crippen LogP contribution in [0.4, 0.5) is 4.39 Å². The number of aryl methyl sites for hydroxylation is 1. The molecule has 0 heterocycles. The van der Waals surface area contributed by atoms with Crippen LogP contribution in [0.2, 0.25) is 0 Å². The molecular weight excluding hydrogens is 273 g/mol. The first kappa shape index (κ1) is 15.4.